The smallest absolute Gasteiger partial charge is 0.306 e. The van der Waals surface area contributed by atoms with Gasteiger partial charge in [0.05, 0.1) is 13.0 Å². The summed E-state index contributed by atoms with van der Waals surface area (Å²) in [6, 6.07) is 3.66. The summed E-state index contributed by atoms with van der Waals surface area (Å²) >= 11 is 0. The summed E-state index contributed by atoms with van der Waals surface area (Å²) in [5.74, 6) is 1.31. The number of hydrogen-bond donors (Lipinski definition) is 0. The summed E-state index contributed by atoms with van der Waals surface area (Å²) in [5, 5.41) is 0. The lowest BCUT2D eigenvalue weighted by atomic mass is 10.1. The Labute approximate surface area is 124 Å². The number of aryl methyl sites for hydroxylation is 2. The summed E-state index contributed by atoms with van der Waals surface area (Å²) in [5.41, 5.74) is 0. The van der Waals surface area contributed by atoms with Crippen molar-refractivity contribution >= 4 is 17.5 Å². The van der Waals surface area contributed by atoms with E-state index in [2.05, 4.69) is 0 Å². The van der Waals surface area contributed by atoms with Crippen LogP contribution in [-0.4, -0.2) is 24.1 Å². The first-order valence-electron chi connectivity index (χ1n) is 7.25. The van der Waals surface area contributed by atoms with Gasteiger partial charge in [0.25, 0.3) is 0 Å². The fourth-order valence-corrected chi connectivity index (χ4v) is 1.85. The van der Waals surface area contributed by atoms with Gasteiger partial charge in [0.2, 0.25) is 0 Å². The predicted octanol–water partition coefficient (Wildman–Crippen LogP) is 2.65. The molecule has 1 rings (SSSR count). The molecule has 0 amide bonds. The normalized spacial score (nSPS) is 10.4. The zero-order valence-corrected chi connectivity index (χ0v) is 12.6. The molecule has 5 heteroatoms. The molecule has 1 aromatic rings. The van der Waals surface area contributed by atoms with Gasteiger partial charge in [-0.15, -0.1) is 0 Å². The van der Waals surface area contributed by atoms with Crippen LogP contribution in [0.3, 0.4) is 0 Å². The predicted molar refractivity (Wildman–Crippen MR) is 76.9 cm³/mol. The molecule has 1 heterocycles. The van der Waals surface area contributed by atoms with Crippen LogP contribution in [0.2, 0.25) is 0 Å². The molecule has 0 radical (unpaired) electrons. The molecule has 0 unspecified atom stereocenters. The number of carbonyl (C=O) groups excluding carboxylic acids is 3. The first kappa shape index (κ1) is 17.1. The van der Waals surface area contributed by atoms with Crippen molar-refractivity contribution in [2.45, 2.75) is 52.4 Å². The van der Waals surface area contributed by atoms with Crippen LogP contribution in [0.15, 0.2) is 16.5 Å². The SMILES string of the molecule is CCOC(=O)CCC(=O)CCc1ccc(CCC(C)=O)o1. The Morgan fingerprint density at radius 2 is 1.62 bits per heavy atom. The van der Waals surface area contributed by atoms with Crippen LogP contribution < -0.4 is 0 Å². The standard InChI is InChI=1S/C16H22O5/c1-3-20-16(19)11-6-13(18)5-8-15-10-9-14(21-15)7-4-12(2)17/h9-10H,3-8,11H2,1-2H3. The molecule has 0 aromatic carbocycles. The maximum Gasteiger partial charge on any atom is 0.306 e. The number of rotatable bonds is 10. The Bertz CT molecular complexity index is 487. The van der Waals surface area contributed by atoms with E-state index in [-0.39, 0.29) is 30.4 Å². The average molecular weight is 294 g/mol. The van der Waals surface area contributed by atoms with Gasteiger partial charge in [-0.1, -0.05) is 0 Å². The lowest BCUT2D eigenvalue weighted by Crippen LogP contribution is -2.08. The van der Waals surface area contributed by atoms with E-state index in [9.17, 15) is 14.4 Å². The molecule has 0 bridgehead atoms. The van der Waals surface area contributed by atoms with Crippen LogP contribution in [0.4, 0.5) is 0 Å². The molecule has 21 heavy (non-hydrogen) atoms. The van der Waals surface area contributed by atoms with E-state index < -0.39 is 0 Å². The number of carbonyl (C=O) groups is 3. The minimum Gasteiger partial charge on any atom is -0.466 e. The van der Waals surface area contributed by atoms with Crippen molar-refractivity contribution in [2.75, 3.05) is 6.61 Å². The second-order valence-corrected chi connectivity index (χ2v) is 4.91. The Balaban J connectivity index is 2.26. The summed E-state index contributed by atoms with van der Waals surface area (Å²) in [6.07, 6.45) is 2.25. The lowest BCUT2D eigenvalue weighted by molar-refractivity contribution is -0.144. The Morgan fingerprint density at radius 3 is 2.19 bits per heavy atom. The molecule has 0 saturated carbocycles. The molecular weight excluding hydrogens is 272 g/mol. The summed E-state index contributed by atoms with van der Waals surface area (Å²) in [6.45, 7) is 3.62. The molecule has 1 aromatic heterocycles. The molecule has 0 aliphatic rings. The van der Waals surface area contributed by atoms with Crippen LogP contribution in [0.5, 0.6) is 0 Å². The third kappa shape index (κ3) is 7.44. The molecule has 0 saturated heterocycles. The van der Waals surface area contributed by atoms with Crippen LogP contribution in [0, 0.1) is 0 Å². The second-order valence-electron chi connectivity index (χ2n) is 4.91. The molecular formula is C16H22O5. The largest absolute Gasteiger partial charge is 0.466 e. The van der Waals surface area contributed by atoms with Gasteiger partial charge in [-0.3, -0.25) is 9.59 Å². The van der Waals surface area contributed by atoms with Gasteiger partial charge >= 0.3 is 5.97 Å². The van der Waals surface area contributed by atoms with Crippen molar-refractivity contribution < 1.29 is 23.5 Å². The van der Waals surface area contributed by atoms with Gasteiger partial charge in [-0.2, -0.15) is 0 Å². The molecule has 0 aliphatic heterocycles. The first-order valence-corrected chi connectivity index (χ1v) is 7.25. The highest BCUT2D eigenvalue weighted by atomic mass is 16.5. The highest BCUT2D eigenvalue weighted by Crippen LogP contribution is 2.13. The molecule has 0 fully saturated rings. The Kier molecular flexibility index (Phi) is 7.43. The van der Waals surface area contributed by atoms with Gasteiger partial charge in [-0.25, -0.2) is 0 Å². The van der Waals surface area contributed by atoms with E-state index in [1.54, 1.807) is 13.8 Å². The summed E-state index contributed by atoms with van der Waals surface area (Å²) < 4.78 is 10.3. The van der Waals surface area contributed by atoms with Gasteiger partial charge in [0.1, 0.15) is 23.1 Å². The number of ketones is 2. The van der Waals surface area contributed by atoms with Crippen molar-refractivity contribution in [2.24, 2.45) is 0 Å². The van der Waals surface area contributed by atoms with E-state index in [0.29, 0.717) is 32.3 Å². The highest BCUT2D eigenvalue weighted by Gasteiger charge is 2.10. The number of ether oxygens (including phenoxy) is 1. The van der Waals surface area contributed by atoms with Crippen molar-refractivity contribution in [1.29, 1.82) is 0 Å². The number of esters is 1. The highest BCUT2D eigenvalue weighted by molar-refractivity contribution is 5.83. The van der Waals surface area contributed by atoms with E-state index in [4.69, 9.17) is 9.15 Å². The van der Waals surface area contributed by atoms with Crippen molar-refractivity contribution in [3.63, 3.8) is 0 Å². The van der Waals surface area contributed by atoms with Crippen LogP contribution in [0.1, 0.15) is 51.1 Å². The van der Waals surface area contributed by atoms with E-state index in [1.807, 2.05) is 12.1 Å². The van der Waals surface area contributed by atoms with E-state index >= 15 is 0 Å². The quantitative estimate of drug-likeness (QED) is 0.620. The van der Waals surface area contributed by atoms with Crippen LogP contribution in [-0.2, 0) is 32.0 Å². The summed E-state index contributed by atoms with van der Waals surface area (Å²) in [4.78, 5) is 33.7. The van der Waals surface area contributed by atoms with Gasteiger partial charge < -0.3 is 13.9 Å². The Hall–Kier alpha value is -1.91. The monoisotopic (exact) mass is 294 g/mol. The number of Topliss-reactive ketones (excluding diaryl/α,β-unsaturated/α-hetero) is 2. The van der Waals surface area contributed by atoms with Gasteiger partial charge in [0.15, 0.2) is 0 Å². The van der Waals surface area contributed by atoms with E-state index in [0.717, 1.165) is 11.5 Å². The zero-order chi connectivity index (χ0) is 15.7. The number of furan rings is 1. The minimum atomic E-state index is -0.338. The summed E-state index contributed by atoms with van der Waals surface area (Å²) in [7, 11) is 0. The Morgan fingerprint density at radius 1 is 1.00 bits per heavy atom. The average Bonchev–Trinajstić information content (AvgIpc) is 2.89. The molecule has 116 valence electrons. The third-order valence-electron chi connectivity index (χ3n) is 3.00. The van der Waals surface area contributed by atoms with Gasteiger partial charge in [0, 0.05) is 32.1 Å². The maximum atomic E-state index is 11.7. The fraction of sp³-hybridized carbons (Fsp3) is 0.562. The second kappa shape index (κ2) is 9.10. The van der Waals surface area contributed by atoms with E-state index in [1.165, 1.54) is 0 Å². The molecule has 0 aliphatic carbocycles. The topological polar surface area (TPSA) is 73.6 Å². The molecule has 0 spiro atoms. The van der Waals surface area contributed by atoms with Crippen molar-refractivity contribution in [1.82, 2.24) is 0 Å². The molecule has 5 nitrogen and oxygen atoms in total. The van der Waals surface area contributed by atoms with Crippen LogP contribution in [0.25, 0.3) is 0 Å². The number of hydrogen-bond acceptors (Lipinski definition) is 5. The first-order chi connectivity index (χ1) is 10.0. The van der Waals surface area contributed by atoms with Crippen LogP contribution >= 0.6 is 0 Å². The van der Waals surface area contributed by atoms with Crippen molar-refractivity contribution in [3.8, 4) is 0 Å². The van der Waals surface area contributed by atoms with Gasteiger partial charge in [-0.05, 0) is 26.0 Å². The fourth-order valence-electron chi connectivity index (χ4n) is 1.85. The van der Waals surface area contributed by atoms with Crippen molar-refractivity contribution in [3.05, 3.63) is 23.7 Å². The minimum absolute atomic E-state index is 0.0183. The maximum absolute atomic E-state index is 11.7. The third-order valence-corrected chi connectivity index (χ3v) is 3.00. The lowest BCUT2D eigenvalue weighted by Gasteiger charge is -2.01. The molecule has 0 atom stereocenters. The zero-order valence-electron chi connectivity index (χ0n) is 12.6. The molecule has 0 N–H and O–H groups in total.